The third-order valence-electron chi connectivity index (χ3n) is 3.13. The number of ketones is 1. The number of hydrogen-bond acceptors (Lipinski definition) is 1. The Hall–Kier alpha value is -1.67. The predicted molar refractivity (Wildman–Crippen MR) is 76.6 cm³/mol. The van der Waals surface area contributed by atoms with Crippen molar-refractivity contribution >= 4 is 27.8 Å². The molecule has 0 fully saturated rings. The third-order valence-corrected chi connectivity index (χ3v) is 3.62. The van der Waals surface area contributed by atoms with Gasteiger partial charge < -0.3 is 0 Å². The van der Waals surface area contributed by atoms with Crippen molar-refractivity contribution in [2.45, 2.75) is 6.42 Å². The van der Waals surface area contributed by atoms with Crippen molar-refractivity contribution in [3.05, 3.63) is 75.3 Å². The van der Waals surface area contributed by atoms with Crippen molar-refractivity contribution in [1.29, 1.82) is 0 Å². The average molecular weight is 299 g/mol. The molecule has 3 rings (SSSR count). The van der Waals surface area contributed by atoms with Crippen molar-refractivity contribution in [3.8, 4) is 0 Å². The van der Waals surface area contributed by atoms with Crippen LogP contribution in [0.3, 0.4) is 0 Å². The van der Waals surface area contributed by atoms with Gasteiger partial charge in [-0.25, -0.2) is 0 Å². The largest absolute Gasteiger partial charge is 0.289 e. The highest BCUT2D eigenvalue weighted by Gasteiger charge is 2.24. The summed E-state index contributed by atoms with van der Waals surface area (Å²) in [4.78, 5) is 12.3. The van der Waals surface area contributed by atoms with E-state index in [2.05, 4.69) is 15.9 Å². The number of halogens is 1. The maximum absolute atomic E-state index is 12.3. The van der Waals surface area contributed by atoms with Crippen LogP contribution >= 0.6 is 15.9 Å². The Labute approximate surface area is 114 Å². The molecule has 88 valence electrons. The molecule has 2 aromatic carbocycles. The Bertz CT molecular complexity index is 641. The normalized spacial score (nSPS) is 16.1. The molecule has 1 nitrogen and oxygen atoms in total. The lowest BCUT2D eigenvalue weighted by Gasteiger charge is -1.96. The van der Waals surface area contributed by atoms with Gasteiger partial charge in [0.1, 0.15) is 0 Å². The lowest BCUT2D eigenvalue weighted by atomic mass is 10.1. The fourth-order valence-corrected chi connectivity index (χ4v) is 2.60. The van der Waals surface area contributed by atoms with E-state index in [9.17, 15) is 4.79 Å². The molecule has 0 unspecified atom stereocenters. The minimum atomic E-state index is 0.148. The van der Waals surface area contributed by atoms with E-state index in [1.54, 1.807) is 0 Å². The van der Waals surface area contributed by atoms with Crippen LogP contribution in [0.4, 0.5) is 0 Å². The fraction of sp³-hybridized carbons (Fsp3) is 0.0625. The van der Waals surface area contributed by atoms with Crippen molar-refractivity contribution in [2.75, 3.05) is 0 Å². The van der Waals surface area contributed by atoms with E-state index in [0.717, 1.165) is 33.2 Å². The molecule has 2 aromatic rings. The lowest BCUT2D eigenvalue weighted by Crippen LogP contribution is -1.95. The molecule has 0 bridgehead atoms. The van der Waals surface area contributed by atoms with E-state index in [4.69, 9.17) is 0 Å². The Morgan fingerprint density at radius 2 is 1.83 bits per heavy atom. The molecular formula is C16H11BrO. The van der Waals surface area contributed by atoms with Crippen LogP contribution in [0.15, 0.2) is 58.6 Å². The highest BCUT2D eigenvalue weighted by Crippen LogP contribution is 2.29. The first-order chi connectivity index (χ1) is 8.74. The second kappa shape index (κ2) is 4.54. The summed E-state index contributed by atoms with van der Waals surface area (Å²) in [6.45, 7) is 0. The molecule has 0 N–H and O–H groups in total. The summed E-state index contributed by atoms with van der Waals surface area (Å²) in [5.41, 5.74) is 3.89. The van der Waals surface area contributed by atoms with Gasteiger partial charge in [0, 0.05) is 22.0 Å². The van der Waals surface area contributed by atoms with Crippen molar-refractivity contribution in [3.63, 3.8) is 0 Å². The van der Waals surface area contributed by atoms with Crippen LogP contribution in [0.5, 0.6) is 0 Å². The van der Waals surface area contributed by atoms with Gasteiger partial charge >= 0.3 is 0 Å². The molecule has 1 aliphatic rings. The molecule has 0 saturated carbocycles. The molecule has 0 aliphatic heterocycles. The molecule has 0 amide bonds. The van der Waals surface area contributed by atoms with Gasteiger partial charge in [0.05, 0.1) is 0 Å². The number of Topliss-reactive ketones (excluding diaryl/α,β-unsaturated/α-hetero) is 1. The first kappa shape index (κ1) is 11.4. The van der Waals surface area contributed by atoms with Crippen LogP contribution < -0.4 is 0 Å². The van der Waals surface area contributed by atoms with Crippen LogP contribution in [0.2, 0.25) is 0 Å². The molecule has 0 atom stereocenters. The van der Waals surface area contributed by atoms with Crippen LogP contribution in [0.1, 0.15) is 21.5 Å². The van der Waals surface area contributed by atoms with E-state index >= 15 is 0 Å². The highest BCUT2D eigenvalue weighted by atomic mass is 79.9. The molecule has 1 aliphatic carbocycles. The minimum absolute atomic E-state index is 0.148. The summed E-state index contributed by atoms with van der Waals surface area (Å²) in [5, 5.41) is 0. The van der Waals surface area contributed by atoms with Crippen molar-refractivity contribution in [1.82, 2.24) is 0 Å². The zero-order valence-electron chi connectivity index (χ0n) is 9.69. The molecule has 0 radical (unpaired) electrons. The Morgan fingerprint density at radius 3 is 2.61 bits per heavy atom. The van der Waals surface area contributed by atoms with E-state index in [0.29, 0.717) is 0 Å². The molecule has 0 saturated heterocycles. The lowest BCUT2D eigenvalue weighted by molar-refractivity contribution is 0.104. The van der Waals surface area contributed by atoms with Gasteiger partial charge in [0.15, 0.2) is 5.78 Å². The van der Waals surface area contributed by atoms with Gasteiger partial charge in [-0.2, -0.15) is 0 Å². The monoisotopic (exact) mass is 298 g/mol. The van der Waals surface area contributed by atoms with Gasteiger partial charge in [0.2, 0.25) is 0 Å². The Morgan fingerprint density at radius 1 is 1.06 bits per heavy atom. The number of hydrogen-bond donors (Lipinski definition) is 0. The molecule has 0 aromatic heterocycles. The average Bonchev–Trinajstić information content (AvgIpc) is 2.68. The van der Waals surface area contributed by atoms with Crippen LogP contribution in [-0.2, 0) is 6.42 Å². The SMILES string of the molecule is O=C1C(=Cc2ccccc2)Cc2ccc(Br)cc21. The summed E-state index contributed by atoms with van der Waals surface area (Å²) in [7, 11) is 0. The van der Waals surface area contributed by atoms with E-state index in [-0.39, 0.29) is 5.78 Å². The highest BCUT2D eigenvalue weighted by molar-refractivity contribution is 9.10. The summed E-state index contributed by atoms with van der Waals surface area (Å²) < 4.78 is 0.954. The first-order valence-electron chi connectivity index (χ1n) is 5.83. The first-order valence-corrected chi connectivity index (χ1v) is 6.62. The van der Waals surface area contributed by atoms with E-state index < -0.39 is 0 Å². The Kier molecular flexibility index (Phi) is 2.88. The standard InChI is InChI=1S/C16H11BrO/c17-14-7-6-12-9-13(16(18)15(12)10-14)8-11-4-2-1-3-5-11/h1-8,10H,9H2. The molecule has 0 spiro atoms. The zero-order valence-corrected chi connectivity index (χ0v) is 11.3. The fourth-order valence-electron chi connectivity index (χ4n) is 2.24. The second-order valence-electron chi connectivity index (χ2n) is 4.39. The topological polar surface area (TPSA) is 17.1 Å². The summed E-state index contributed by atoms with van der Waals surface area (Å²) in [6, 6.07) is 15.9. The number of carbonyl (C=O) groups is 1. The zero-order chi connectivity index (χ0) is 12.5. The summed E-state index contributed by atoms with van der Waals surface area (Å²) in [5.74, 6) is 0.148. The smallest absolute Gasteiger partial charge is 0.189 e. The van der Waals surface area contributed by atoms with E-state index in [1.807, 2.05) is 54.6 Å². The van der Waals surface area contributed by atoms with Gasteiger partial charge in [-0.05, 0) is 29.3 Å². The maximum atomic E-state index is 12.3. The van der Waals surface area contributed by atoms with Crippen LogP contribution in [0, 0.1) is 0 Å². The van der Waals surface area contributed by atoms with E-state index in [1.165, 1.54) is 0 Å². The molecule has 0 heterocycles. The van der Waals surface area contributed by atoms with Gasteiger partial charge in [-0.1, -0.05) is 52.3 Å². The predicted octanol–water partition coefficient (Wildman–Crippen LogP) is 4.27. The summed E-state index contributed by atoms with van der Waals surface area (Å²) in [6.07, 6.45) is 2.71. The quantitative estimate of drug-likeness (QED) is 0.719. The second-order valence-corrected chi connectivity index (χ2v) is 5.30. The number of carbonyl (C=O) groups excluding carboxylic acids is 1. The van der Waals surface area contributed by atoms with Crippen molar-refractivity contribution < 1.29 is 4.79 Å². The maximum Gasteiger partial charge on any atom is 0.189 e. The molecule has 2 heteroatoms. The molecule has 18 heavy (non-hydrogen) atoms. The Balaban J connectivity index is 2.00. The van der Waals surface area contributed by atoms with Gasteiger partial charge in [-0.15, -0.1) is 0 Å². The van der Waals surface area contributed by atoms with Crippen LogP contribution in [0.25, 0.3) is 6.08 Å². The van der Waals surface area contributed by atoms with Crippen LogP contribution in [-0.4, -0.2) is 5.78 Å². The number of allylic oxidation sites excluding steroid dienone is 1. The van der Waals surface area contributed by atoms with Gasteiger partial charge in [0.25, 0.3) is 0 Å². The number of fused-ring (bicyclic) bond motifs is 1. The summed E-state index contributed by atoms with van der Waals surface area (Å²) >= 11 is 3.41. The number of benzene rings is 2. The third kappa shape index (κ3) is 2.04. The van der Waals surface area contributed by atoms with Gasteiger partial charge in [-0.3, -0.25) is 4.79 Å². The number of rotatable bonds is 1. The van der Waals surface area contributed by atoms with Crippen molar-refractivity contribution in [2.24, 2.45) is 0 Å². The molecular weight excluding hydrogens is 288 g/mol. The minimum Gasteiger partial charge on any atom is -0.289 e.